The molecular weight excluding hydrogens is 326 g/mol. The Balaban J connectivity index is 1.81. The summed E-state index contributed by atoms with van der Waals surface area (Å²) in [5, 5.41) is 13.8. The number of hydrogen-bond acceptors (Lipinski definition) is 6. The van der Waals surface area contributed by atoms with Gasteiger partial charge in [-0.2, -0.15) is 0 Å². The van der Waals surface area contributed by atoms with Gasteiger partial charge in [-0.05, 0) is 23.0 Å². The van der Waals surface area contributed by atoms with E-state index < -0.39 is 4.92 Å². The summed E-state index contributed by atoms with van der Waals surface area (Å²) in [6.07, 6.45) is 1.27. The molecule has 0 saturated carbocycles. The lowest BCUT2D eigenvalue weighted by atomic mass is 10.3. The molecule has 20 heavy (non-hydrogen) atoms. The summed E-state index contributed by atoms with van der Waals surface area (Å²) in [6.45, 7) is 6.06. The van der Waals surface area contributed by atoms with Crippen LogP contribution in [0.25, 0.3) is 0 Å². The third-order valence-corrected chi connectivity index (χ3v) is 3.96. The average Bonchev–Trinajstić information content (AvgIpc) is 2.42. The Morgan fingerprint density at radius 3 is 2.75 bits per heavy atom. The zero-order valence-corrected chi connectivity index (χ0v) is 13.0. The number of anilines is 1. The van der Waals surface area contributed by atoms with Gasteiger partial charge in [-0.3, -0.25) is 15.0 Å². The average molecular weight is 344 g/mol. The molecule has 1 aliphatic heterocycles. The zero-order valence-electron chi connectivity index (χ0n) is 11.4. The molecule has 0 aliphatic carbocycles. The van der Waals surface area contributed by atoms with Crippen LogP contribution < -0.4 is 5.32 Å². The monoisotopic (exact) mass is 343 g/mol. The van der Waals surface area contributed by atoms with E-state index in [4.69, 9.17) is 0 Å². The molecule has 0 spiro atoms. The van der Waals surface area contributed by atoms with Crippen molar-refractivity contribution in [1.82, 2.24) is 14.8 Å². The van der Waals surface area contributed by atoms with Gasteiger partial charge < -0.3 is 10.2 Å². The van der Waals surface area contributed by atoms with Crippen LogP contribution in [-0.4, -0.2) is 66.0 Å². The first-order valence-electron chi connectivity index (χ1n) is 6.51. The van der Waals surface area contributed by atoms with Crippen molar-refractivity contribution < 1.29 is 4.92 Å². The maximum atomic E-state index is 10.6. The number of likely N-dealkylation sites (N-methyl/N-ethyl adjacent to an activating group) is 1. The molecule has 0 aromatic carbocycles. The summed E-state index contributed by atoms with van der Waals surface area (Å²) in [5.74, 6) is 0.643. The minimum Gasteiger partial charge on any atom is -0.368 e. The van der Waals surface area contributed by atoms with Gasteiger partial charge in [0, 0.05) is 45.3 Å². The zero-order chi connectivity index (χ0) is 14.5. The Morgan fingerprint density at radius 1 is 1.45 bits per heavy atom. The predicted molar refractivity (Wildman–Crippen MR) is 81.0 cm³/mol. The summed E-state index contributed by atoms with van der Waals surface area (Å²) in [6, 6.07) is 1.46. The van der Waals surface area contributed by atoms with Gasteiger partial charge in [-0.15, -0.1) is 0 Å². The van der Waals surface area contributed by atoms with Crippen molar-refractivity contribution in [3.8, 4) is 0 Å². The van der Waals surface area contributed by atoms with Gasteiger partial charge in [0.2, 0.25) is 0 Å². The highest BCUT2D eigenvalue weighted by atomic mass is 79.9. The van der Waals surface area contributed by atoms with Gasteiger partial charge in [0.25, 0.3) is 5.69 Å². The lowest BCUT2D eigenvalue weighted by Gasteiger charge is -2.32. The highest BCUT2D eigenvalue weighted by Gasteiger charge is 2.14. The molecule has 0 bridgehead atoms. The summed E-state index contributed by atoms with van der Waals surface area (Å²) < 4.78 is 0.616. The Hall–Kier alpha value is -1.25. The first-order valence-corrected chi connectivity index (χ1v) is 7.30. The van der Waals surface area contributed by atoms with Crippen LogP contribution in [0.4, 0.5) is 11.5 Å². The SMILES string of the molecule is CN1CCN(CCNc2ncc([N+](=O)[O-])cc2Br)CC1. The molecule has 0 unspecified atom stereocenters. The smallest absolute Gasteiger partial charge is 0.288 e. The minimum atomic E-state index is -0.453. The molecule has 8 heteroatoms. The van der Waals surface area contributed by atoms with E-state index in [0.717, 1.165) is 39.3 Å². The summed E-state index contributed by atoms with van der Waals surface area (Å²) >= 11 is 3.30. The van der Waals surface area contributed by atoms with Gasteiger partial charge >= 0.3 is 0 Å². The first kappa shape index (κ1) is 15.1. The van der Waals surface area contributed by atoms with E-state index in [1.165, 1.54) is 12.3 Å². The normalized spacial score (nSPS) is 17.1. The van der Waals surface area contributed by atoms with Crippen LogP contribution in [0.15, 0.2) is 16.7 Å². The van der Waals surface area contributed by atoms with Gasteiger partial charge in [0.05, 0.1) is 9.40 Å². The number of rotatable bonds is 5. The fraction of sp³-hybridized carbons (Fsp3) is 0.583. The van der Waals surface area contributed by atoms with Gasteiger partial charge in [0.1, 0.15) is 12.0 Å². The Kier molecular flexibility index (Phi) is 5.27. The molecule has 2 heterocycles. The fourth-order valence-electron chi connectivity index (χ4n) is 2.06. The van der Waals surface area contributed by atoms with E-state index >= 15 is 0 Å². The molecule has 0 radical (unpaired) electrons. The number of pyridine rings is 1. The number of nitrogens with one attached hydrogen (secondary N) is 1. The molecule has 1 N–H and O–H groups in total. The number of nitrogens with zero attached hydrogens (tertiary/aromatic N) is 4. The molecule has 1 aliphatic rings. The second kappa shape index (κ2) is 6.96. The minimum absolute atomic E-state index is 0.0125. The van der Waals surface area contributed by atoms with Gasteiger partial charge in [0.15, 0.2) is 0 Å². The number of aromatic nitrogens is 1. The van der Waals surface area contributed by atoms with Crippen LogP contribution in [0.5, 0.6) is 0 Å². The lowest BCUT2D eigenvalue weighted by molar-refractivity contribution is -0.385. The van der Waals surface area contributed by atoms with Crippen LogP contribution in [0.3, 0.4) is 0 Å². The van der Waals surface area contributed by atoms with E-state index in [0.29, 0.717) is 10.3 Å². The number of piperazine rings is 1. The number of nitro groups is 1. The molecule has 0 amide bonds. The van der Waals surface area contributed by atoms with Crippen molar-refractivity contribution in [3.63, 3.8) is 0 Å². The summed E-state index contributed by atoms with van der Waals surface area (Å²) in [4.78, 5) is 19.0. The molecule has 7 nitrogen and oxygen atoms in total. The second-order valence-corrected chi connectivity index (χ2v) is 5.71. The van der Waals surface area contributed by atoms with Crippen molar-refractivity contribution in [1.29, 1.82) is 0 Å². The Morgan fingerprint density at radius 2 is 2.15 bits per heavy atom. The van der Waals surface area contributed by atoms with Gasteiger partial charge in [-0.25, -0.2) is 4.98 Å². The van der Waals surface area contributed by atoms with Gasteiger partial charge in [-0.1, -0.05) is 0 Å². The van der Waals surface area contributed by atoms with E-state index in [2.05, 4.69) is 43.1 Å². The van der Waals surface area contributed by atoms with E-state index in [-0.39, 0.29) is 5.69 Å². The second-order valence-electron chi connectivity index (χ2n) is 4.85. The van der Waals surface area contributed by atoms with E-state index in [9.17, 15) is 10.1 Å². The van der Waals surface area contributed by atoms with Crippen LogP contribution in [0.2, 0.25) is 0 Å². The summed E-state index contributed by atoms with van der Waals surface area (Å²) in [7, 11) is 2.13. The number of halogens is 1. The summed E-state index contributed by atoms with van der Waals surface area (Å²) in [5.41, 5.74) is -0.0125. The first-order chi connectivity index (χ1) is 9.56. The van der Waals surface area contributed by atoms with E-state index in [1.54, 1.807) is 0 Å². The lowest BCUT2D eigenvalue weighted by Crippen LogP contribution is -2.45. The topological polar surface area (TPSA) is 74.5 Å². The quantitative estimate of drug-likeness (QED) is 0.643. The van der Waals surface area contributed by atoms with Crippen molar-refractivity contribution in [2.75, 3.05) is 51.6 Å². The highest BCUT2D eigenvalue weighted by Crippen LogP contribution is 2.24. The number of hydrogen-bond donors (Lipinski definition) is 1. The van der Waals surface area contributed by atoms with E-state index in [1.807, 2.05) is 0 Å². The van der Waals surface area contributed by atoms with Crippen LogP contribution >= 0.6 is 15.9 Å². The fourth-order valence-corrected chi connectivity index (χ4v) is 2.54. The van der Waals surface area contributed by atoms with Crippen LogP contribution in [0.1, 0.15) is 0 Å². The molecule has 1 fully saturated rings. The van der Waals surface area contributed by atoms with Crippen molar-refractivity contribution in [2.24, 2.45) is 0 Å². The largest absolute Gasteiger partial charge is 0.368 e. The third-order valence-electron chi connectivity index (χ3n) is 3.35. The molecule has 2 rings (SSSR count). The molecule has 110 valence electrons. The maximum absolute atomic E-state index is 10.6. The Labute approximate surface area is 126 Å². The van der Waals surface area contributed by atoms with Crippen molar-refractivity contribution in [3.05, 3.63) is 26.9 Å². The standard InChI is InChI=1S/C12H18BrN5O2/c1-16-4-6-17(7-5-16)3-2-14-12-11(13)8-10(9-15-12)18(19)20/h8-9H,2-7H2,1H3,(H,14,15). The molecule has 1 aromatic rings. The third kappa shape index (κ3) is 4.12. The van der Waals surface area contributed by atoms with Crippen molar-refractivity contribution >= 4 is 27.4 Å². The molecular formula is C12H18BrN5O2. The molecule has 1 aromatic heterocycles. The van der Waals surface area contributed by atoms with Crippen LogP contribution in [-0.2, 0) is 0 Å². The van der Waals surface area contributed by atoms with Crippen LogP contribution in [0, 0.1) is 10.1 Å². The molecule has 0 atom stereocenters. The van der Waals surface area contributed by atoms with Crippen molar-refractivity contribution in [2.45, 2.75) is 0 Å². The maximum Gasteiger partial charge on any atom is 0.288 e. The molecule has 1 saturated heterocycles. The predicted octanol–water partition coefficient (Wildman–Crippen LogP) is 1.41. The Bertz CT molecular complexity index is 477. The highest BCUT2D eigenvalue weighted by molar-refractivity contribution is 9.10.